The molecule has 2 saturated heterocycles. The van der Waals surface area contributed by atoms with Crippen LogP contribution in [0.4, 0.5) is 16.2 Å². The van der Waals surface area contributed by atoms with Crippen molar-refractivity contribution in [2.24, 2.45) is 0 Å². The molecule has 40 heavy (non-hydrogen) atoms. The van der Waals surface area contributed by atoms with Crippen LogP contribution in [0.1, 0.15) is 64.3 Å². The Labute approximate surface area is 244 Å². The number of aryl methyl sites for hydroxylation is 1. The van der Waals surface area contributed by atoms with Crippen molar-refractivity contribution >= 4 is 23.4 Å². The molecule has 0 saturated carbocycles. The third kappa shape index (κ3) is 8.94. The number of hydrogen-bond acceptors (Lipinski definition) is 8. The van der Waals surface area contributed by atoms with E-state index in [0.717, 1.165) is 67.9 Å². The van der Waals surface area contributed by atoms with Crippen LogP contribution in [0, 0.1) is 6.92 Å². The Morgan fingerprint density at radius 3 is 2.42 bits per heavy atom. The Hall–Kier alpha value is -2.62. The third-order valence-electron chi connectivity index (χ3n) is 7.36. The molecule has 2 aromatic rings. The number of nitrogens with zero attached hydrogens (tertiary/aromatic N) is 7. The summed E-state index contributed by atoms with van der Waals surface area (Å²) in [5, 5.41) is 0.495. The van der Waals surface area contributed by atoms with E-state index in [1.54, 1.807) is 12.4 Å². The number of rotatable bonds is 3. The molecular weight excluding hydrogens is 529 g/mol. The third-order valence-corrected chi connectivity index (χ3v) is 7.63. The zero-order chi connectivity index (χ0) is 29.1. The summed E-state index contributed by atoms with van der Waals surface area (Å²) in [7, 11) is 2.14. The fraction of sp³-hybridized carbons (Fsp3) is 0.600. The van der Waals surface area contributed by atoms with Crippen LogP contribution >= 0.6 is 11.6 Å². The van der Waals surface area contributed by atoms with Crippen molar-refractivity contribution in [1.82, 2.24) is 24.8 Å². The van der Waals surface area contributed by atoms with Gasteiger partial charge in [-0.25, -0.2) is 24.3 Å². The molecule has 4 heterocycles. The number of hydrogen-bond donors (Lipinski definition) is 0. The summed E-state index contributed by atoms with van der Waals surface area (Å²) in [5.41, 5.74) is 2.79. The summed E-state index contributed by atoms with van der Waals surface area (Å²) in [4.78, 5) is 24.4. The molecule has 2 aliphatic heterocycles. The number of likely N-dealkylation sites (N-methyl/N-ethyl adjacent to an activating group) is 1. The van der Waals surface area contributed by atoms with Crippen LogP contribution in [0.25, 0.3) is 0 Å². The first-order valence-electron chi connectivity index (χ1n) is 14.4. The molecule has 2 aromatic heterocycles. The maximum atomic E-state index is 13.9. The van der Waals surface area contributed by atoms with Gasteiger partial charge in [0.2, 0.25) is 5.95 Å². The number of morpholine rings is 1. The highest BCUT2D eigenvalue weighted by atomic mass is 35.5. The van der Waals surface area contributed by atoms with E-state index >= 15 is 0 Å². The van der Waals surface area contributed by atoms with Crippen molar-refractivity contribution < 1.29 is 9.13 Å². The minimum absolute atomic E-state index is 0.0264. The fourth-order valence-corrected chi connectivity index (χ4v) is 5.02. The molecule has 2 unspecified atom stereocenters. The highest BCUT2D eigenvalue weighted by Gasteiger charge is 2.23. The molecule has 2 fully saturated rings. The summed E-state index contributed by atoms with van der Waals surface area (Å²) in [6.07, 6.45) is 9.44. The zero-order valence-electron chi connectivity index (χ0n) is 24.9. The van der Waals surface area contributed by atoms with Gasteiger partial charge in [-0.1, -0.05) is 37.6 Å². The Kier molecular flexibility index (Phi) is 12.7. The van der Waals surface area contributed by atoms with Gasteiger partial charge in [-0.2, -0.15) is 0 Å². The van der Waals surface area contributed by atoms with Gasteiger partial charge in [0.25, 0.3) is 0 Å². The standard InChI is InChI=1S/C18H24FN3O.C10H15ClN4.C2H6/c1-13-4-3-5-15(6-7-16(13)19)17-12-14(2)20-18(21-17)22-8-10-23-11-9-22;1-8-7-15(6-5-14(8)2)10-9(11)12-3-4-13-10;1-2/h3,5,12,15H,4,6-11H2,1-2H3;3-4,8H,5-7H2,1-2H3;1-2H3/b5-3-,16-13+;;. The number of halogens is 2. The van der Waals surface area contributed by atoms with E-state index < -0.39 is 0 Å². The molecule has 0 radical (unpaired) electrons. The van der Waals surface area contributed by atoms with Crippen LogP contribution in [-0.4, -0.2) is 83.9 Å². The largest absolute Gasteiger partial charge is 0.378 e. The maximum absolute atomic E-state index is 13.9. The quantitative estimate of drug-likeness (QED) is 0.415. The van der Waals surface area contributed by atoms with Crippen LogP contribution in [-0.2, 0) is 4.74 Å². The second-order valence-corrected chi connectivity index (χ2v) is 10.6. The normalized spacial score (nSPS) is 24.6. The first-order chi connectivity index (χ1) is 19.3. The minimum atomic E-state index is 0.0264. The van der Waals surface area contributed by atoms with Crippen molar-refractivity contribution in [2.75, 3.05) is 62.8 Å². The number of anilines is 2. The monoisotopic (exact) mass is 573 g/mol. The second kappa shape index (κ2) is 16.0. The molecule has 5 rings (SSSR count). The molecule has 10 heteroatoms. The van der Waals surface area contributed by atoms with Crippen LogP contribution in [0.15, 0.2) is 42.0 Å². The lowest BCUT2D eigenvalue weighted by molar-refractivity contribution is 0.122. The average Bonchev–Trinajstić information content (AvgIpc) is 2.97. The van der Waals surface area contributed by atoms with Gasteiger partial charge >= 0.3 is 0 Å². The zero-order valence-corrected chi connectivity index (χ0v) is 25.7. The molecule has 0 amide bonds. The maximum Gasteiger partial charge on any atom is 0.225 e. The van der Waals surface area contributed by atoms with Gasteiger partial charge in [-0.05, 0) is 52.3 Å². The van der Waals surface area contributed by atoms with E-state index in [2.05, 4.69) is 55.8 Å². The fourth-order valence-electron chi connectivity index (χ4n) is 4.80. The molecule has 0 aromatic carbocycles. The van der Waals surface area contributed by atoms with Crippen molar-refractivity contribution in [1.29, 1.82) is 0 Å². The Balaban J connectivity index is 0.000000224. The summed E-state index contributed by atoms with van der Waals surface area (Å²) >= 11 is 6.01. The molecule has 0 N–H and O–H groups in total. The van der Waals surface area contributed by atoms with Crippen molar-refractivity contribution in [3.8, 4) is 0 Å². The van der Waals surface area contributed by atoms with Gasteiger partial charge in [0.15, 0.2) is 11.0 Å². The minimum Gasteiger partial charge on any atom is -0.378 e. The number of allylic oxidation sites excluding steroid dienone is 4. The Morgan fingerprint density at radius 2 is 1.73 bits per heavy atom. The predicted octanol–water partition coefficient (Wildman–Crippen LogP) is 5.99. The summed E-state index contributed by atoms with van der Waals surface area (Å²) < 4.78 is 19.3. The lowest BCUT2D eigenvalue weighted by Crippen LogP contribution is -2.50. The lowest BCUT2D eigenvalue weighted by Gasteiger charge is -2.38. The van der Waals surface area contributed by atoms with Gasteiger partial charge in [0.1, 0.15) is 0 Å². The topological polar surface area (TPSA) is 70.5 Å². The van der Waals surface area contributed by atoms with Crippen molar-refractivity contribution in [2.45, 2.75) is 65.8 Å². The molecule has 1 aliphatic carbocycles. The van der Waals surface area contributed by atoms with E-state index in [-0.39, 0.29) is 11.7 Å². The number of piperazine rings is 1. The van der Waals surface area contributed by atoms with E-state index in [9.17, 15) is 4.39 Å². The highest BCUT2D eigenvalue weighted by molar-refractivity contribution is 6.31. The van der Waals surface area contributed by atoms with E-state index in [0.29, 0.717) is 37.3 Å². The van der Waals surface area contributed by atoms with E-state index in [4.69, 9.17) is 21.3 Å². The Morgan fingerprint density at radius 1 is 1.00 bits per heavy atom. The van der Waals surface area contributed by atoms with E-state index in [1.807, 2.05) is 33.8 Å². The van der Waals surface area contributed by atoms with E-state index in [1.165, 1.54) is 0 Å². The van der Waals surface area contributed by atoms with Crippen LogP contribution < -0.4 is 9.80 Å². The van der Waals surface area contributed by atoms with Gasteiger partial charge < -0.3 is 19.4 Å². The second-order valence-electron chi connectivity index (χ2n) is 10.2. The molecule has 2 atom stereocenters. The first kappa shape index (κ1) is 31.9. The molecule has 3 aliphatic rings. The van der Waals surface area contributed by atoms with Crippen molar-refractivity contribution in [3.63, 3.8) is 0 Å². The molecule has 0 bridgehead atoms. The number of aromatic nitrogens is 4. The highest BCUT2D eigenvalue weighted by Crippen LogP contribution is 2.30. The van der Waals surface area contributed by atoms with Gasteiger partial charge in [-0.3, -0.25) is 0 Å². The summed E-state index contributed by atoms with van der Waals surface area (Å²) in [6.45, 7) is 16.1. The molecule has 220 valence electrons. The van der Waals surface area contributed by atoms with Gasteiger partial charge in [-0.15, -0.1) is 0 Å². The lowest BCUT2D eigenvalue weighted by atomic mass is 9.93. The molecule has 0 spiro atoms. The summed E-state index contributed by atoms with van der Waals surface area (Å²) in [5.74, 6) is 1.75. The van der Waals surface area contributed by atoms with Gasteiger partial charge in [0, 0.05) is 69.2 Å². The number of ether oxygens (including phenoxy) is 1. The first-order valence-corrected chi connectivity index (χ1v) is 14.8. The summed E-state index contributed by atoms with van der Waals surface area (Å²) in [6, 6.07) is 2.55. The van der Waals surface area contributed by atoms with Crippen LogP contribution in [0.2, 0.25) is 5.15 Å². The average molecular weight is 574 g/mol. The SMILES string of the molecule is C/C1=C(\F)CCC(c2cc(C)nc(N3CCOCC3)n2)/C=C\C1.CC.CC1CN(c2nccnc2Cl)CCN1C. The van der Waals surface area contributed by atoms with Crippen LogP contribution in [0.3, 0.4) is 0 Å². The van der Waals surface area contributed by atoms with Crippen molar-refractivity contribution in [3.05, 3.63) is 58.6 Å². The predicted molar refractivity (Wildman–Crippen MR) is 162 cm³/mol. The molecule has 8 nitrogen and oxygen atoms in total. The van der Waals surface area contributed by atoms with Crippen LogP contribution in [0.5, 0.6) is 0 Å². The molecular formula is C30H45ClFN7O. The smallest absolute Gasteiger partial charge is 0.225 e. The Bertz CT molecular complexity index is 1140. The van der Waals surface area contributed by atoms with Gasteiger partial charge in [0.05, 0.1) is 24.7 Å².